The second kappa shape index (κ2) is 5.73. The summed E-state index contributed by atoms with van der Waals surface area (Å²) in [6, 6.07) is 2.94. The third-order valence-electron chi connectivity index (χ3n) is 2.53. The number of nitrogens with two attached hydrogens (primary N) is 1. The Morgan fingerprint density at radius 1 is 1.40 bits per heavy atom. The van der Waals surface area contributed by atoms with Gasteiger partial charge in [-0.2, -0.15) is 0 Å². The van der Waals surface area contributed by atoms with Crippen molar-refractivity contribution in [2.45, 2.75) is 24.7 Å². The van der Waals surface area contributed by atoms with Crippen LogP contribution in [0.1, 0.15) is 25.5 Å². The highest BCUT2D eigenvalue weighted by atomic mass is 32.2. The van der Waals surface area contributed by atoms with E-state index < -0.39 is 10.0 Å². The van der Waals surface area contributed by atoms with Crippen molar-refractivity contribution in [1.82, 2.24) is 9.97 Å². The van der Waals surface area contributed by atoms with Crippen LogP contribution in [0.15, 0.2) is 28.6 Å². The van der Waals surface area contributed by atoms with Crippen LogP contribution in [0.4, 0.5) is 10.9 Å². The Bertz CT molecular complexity index is 696. The number of sulfonamides is 1. The van der Waals surface area contributed by atoms with E-state index in [9.17, 15) is 8.42 Å². The molecule has 0 aliphatic carbocycles. The molecule has 2 aromatic heterocycles. The van der Waals surface area contributed by atoms with Crippen molar-refractivity contribution in [1.29, 1.82) is 0 Å². The number of anilines is 2. The second-order valence-electron chi connectivity index (χ2n) is 4.33. The zero-order chi connectivity index (χ0) is 14.8. The summed E-state index contributed by atoms with van der Waals surface area (Å²) in [5, 5.41) is 2.15. The molecule has 0 spiro atoms. The Labute approximate surface area is 121 Å². The predicted molar refractivity (Wildman–Crippen MR) is 79.1 cm³/mol. The Hall–Kier alpha value is -1.71. The molecule has 9 heteroatoms. The fraction of sp³-hybridized carbons (Fsp3) is 0.273. The van der Waals surface area contributed by atoms with Crippen LogP contribution in [0.25, 0.3) is 0 Å². The normalized spacial score (nSPS) is 11.6. The van der Waals surface area contributed by atoms with Gasteiger partial charge in [0.1, 0.15) is 4.90 Å². The largest absolute Gasteiger partial charge is 0.307 e. The summed E-state index contributed by atoms with van der Waals surface area (Å²) in [6.07, 6.45) is 1.45. The Kier molecular flexibility index (Phi) is 4.21. The van der Waals surface area contributed by atoms with Crippen molar-refractivity contribution in [3.63, 3.8) is 0 Å². The summed E-state index contributed by atoms with van der Waals surface area (Å²) < 4.78 is 27.0. The molecule has 20 heavy (non-hydrogen) atoms. The average Bonchev–Trinajstić information content (AvgIpc) is 2.86. The maximum Gasteiger partial charge on any atom is 0.267 e. The van der Waals surface area contributed by atoms with Gasteiger partial charge in [0, 0.05) is 11.6 Å². The van der Waals surface area contributed by atoms with Crippen molar-refractivity contribution in [3.05, 3.63) is 29.4 Å². The highest BCUT2D eigenvalue weighted by Crippen LogP contribution is 2.25. The number of hydrogen-bond donors (Lipinski definition) is 3. The molecule has 0 aromatic carbocycles. The monoisotopic (exact) mass is 313 g/mol. The quantitative estimate of drug-likeness (QED) is 0.573. The van der Waals surface area contributed by atoms with Gasteiger partial charge in [0.05, 0.1) is 5.69 Å². The van der Waals surface area contributed by atoms with Crippen LogP contribution < -0.4 is 16.0 Å². The lowest BCUT2D eigenvalue weighted by atomic mass is 10.2. The number of nitrogen functional groups attached to an aromatic ring is 1. The van der Waals surface area contributed by atoms with Gasteiger partial charge in [-0.05, 0) is 18.1 Å². The highest BCUT2D eigenvalue weighted by molar-refractivity contribution is 7.93. The molecule has 4 N–H and O–H groups in total. The molecule has 2 rings (SSSR count). The number of rotatable bonds is 5. The Morgan fingerprint density at radius 2 is 2.15 bits per heavy atom. The lowest BCUT2D eigenvalue weighted by molar-refractivity contribution is 0.601. The van der Waals surface area contributed by atoms with E-state index in [0.29, 0.717) is 5.13 Å². The van der Waals surface area contributed by atoms with Crippen molar-refractivity contribution in [2.24, 2.45) is 5.84 Å². The van der Waals surface area contributed by atoms with Crippen LogP contribution in [0.5, 0.6) is 0 Å². The van der Waals surface area contributed by atoms with E-state index in [4.69, 9.17) is 5.84 Å². The van der Waals surface area contributed by atoms with Crippen LogP contribution in [0, 0.1) is 0 Å². The summed E-state index contributed by atoms with van der Waals surface area (Å²) in [7, 11) is -3.78. The summed E-state index contributed by atoms with van der Waals surface area (Å²) >= 11 is 1.24. The van der Waals surface area contributed by atoms with Crippen molar-refractivity contribution in [3.8, 4) is 0 Å². The molecular weight excluding hydrogens is 298 g/mol. The first-order valence-corrected chi connectivity index (χ1v) is 8.20. The summed E-state index contributed by atoms with van der Waals surface area (Å²) in [6.45, 7) is 3.98. The van der Waals surface area contributed by atoms with E-state index in [-0.39, 0.29) is 16.6 Å². The smallest absolute Gasteiger partial charge is 0.267 e. The third-order valence-corrected chi connectivity index (χ3v) is 4.81. The SMILES string of the molecule is CC(C)c1csc(NS(=O)(=O)c2cccnc2NN)n1. The zero-order valence-electron chi connectivity index (χ0n) is 11.0. The zero-order valence-corrected chi connectivity index (χ0v) is 12.6. The molecule has 0 fully saturated rings. The van der Waals surface area contributed by atoms with Gasteiger partial charge < -0.3 is 5.43 Å². The van der Waals surface area contributed by atoms with Gasteiger partial charge in [0.15, 0.2) is 10.9 Å². The lowest BCUT2D eigenvalue weighted by Gasteiger charge is -2.08. The maximum atomic E-state index is 12.3. The topological polar surface area (TPSA) is 110 Å². The van der Waals surface area contributed by atoms with Crippen LogP contribution in [0.3, 0.4) is 0 Å². The molecule has 0 amide bonds. The van der Waals surface area contributed by atoms with Gasteiger partial charge in [-0.3, -0.25) is 4.72 Å². The summed E-state index contributed by atoms with van der Waals surface area (Å²) in [5.41, 5.74) is 3.11. The van der Waals surface area contributed by atoms with Gasteiger partial charge in [-0.15, -0.1) is 11.3 Å². The predicted octanol–water partition coefficient (Wildman–Crippen LogP) is 1.75. The first-order valence-electron chi connectivity index (χ1n) is 5.84. The van der Waals surface area contributed by atoms with Crippen molar-refractivity contribution >= 4 is 32.3 Å². The molecule has 0 unspecified atom stereocenters. The number of hydrazine groups is 1. The Balaban J connectivity index is 2.31. The fourth-order valence-corrected chi connectivity index (χ4v) is 3.73. The first-order chi connectivity index (χ1) is 9.44. The minimum atomic E-state index is -3.78. The third kappa shape index (κ3) is 3.06. The molecule has 0 atom stereocenters. The number of nitrogens with zero attached hydrogens (tertiary/aromatic N) is 2. The number of nitrogens with one attached hydrogen (secondary N) is 2. The minimum Gasteiger partial charge on any atom is -0.307 e. The molecule has 2 aromatic rings. The Morgan fingerprint density at radius 3 is 2.75 bits per heavy atom. The summed E-state index contributed by atoms with van der Waals surface area (Å²) in [5.74, 6) is 5.59. The number of thiazole rings is 1. The number of hydrogen-bond acceptors (Lipinski definition) is 7. The molecule has 0 saturated carbocycles. The molecule has 0 aliphatic heterocycles. The highest BCUT2D eigenvalue weighted by Gasteiger charge is 2.20. The second-order valence-corrected chi connectivity index (χ2v) is 6.84. The molecular formula is C11H15N5O2S2. The van der Waals surface area contributed by atoms with Gasteiger partial charge >= 0.3 is 0 Å². The first kappa shape index (κ1) is 14.7. The standard InChI is InChI=1S/C11H15N5O2S2/c1-7(2)8-6-19-11(14-8)16-20(17,18)9-4-3-5-13-10(9)15-12/h3-7H,12H2,1-2H3,(H,13,15)(H,14,16). The number of aromatic nitrogens is 2. The average molecular weight is 313 g/mol. The van der Waals surface area contributed by atoms with E-state index >= 15 is 0 Å². The molecule has 108 valence electrons. The fourth-order valence-electron chi connectivity index (χ4n) is 1.48. The van der Waals surface area contributed by atoms with E-state index in [0.717, 1.165) is 5.69 Å². The van der Waals surface area contributed by atoms with E-state index in [1.54, 1.807) is 0 Å². The summed E-state index contributed by atoms with van der Waals surface area (Å²) in [4.78, 5) is 8.07. The van der Waals surface area contributed by atoms with E-state index in [1.165, 1.54) is 29.7 Å². The van der Waals surface area contributed by atoms with E-state index in [1.807, 2.05) is 19.2 Å². The maximum absolute atomic E-state index is 12.3. The van der Waals surface area contributed by atoms with Crippen LogP contribution in [-0.4, -0.2) is 18.4 Å². The molecule has 0 saturated heterocycles. The molecule has 0 radical (unpaired) electrons. The molecule has 7 nitrogen and oxygen atoms in total. The molecule has 0 aliphatic rings. The lowest BCUT2D eigenvalue weighted by Crippen LogP contribution is -2.18. The van der Waals surface area contributed by atoms with Crippen LogP contribution >= 0.6 is 11.3 Å². The van der Waals surface area contributed by atoms with Crippen molar-refractivity contribution in [2.75, 3.05) is 10.1 Å². The van der Waals surface area contributed by atoms with Crippen LogP contribution in [0.2, 0.25) is 0 Å². The molecule has 2 heterocycles. The van der Waals surface area contributed by atoms with Crippen molar-refractivity contribution < 1.29 is 8.42 Å². The number of pyridine rings is 1. The van der Waals surface area contributed by atoms with E-state index in [2.05, 4.69) is 20.1 Å². The van der Waals surface area contributed by atoms with Gasteiger partial charge in [0.2, 0.25) is 0 Å². The molecule has 0 bridgehead atoms. The van der Waals surface area contributed by atoms with Gasteiger partial charge in [0.25, 0.3) is 10.0 Å². The van der Waals surface area contributed by atoms with Gasteiger partial charge in [-0.25, -0.2) is 24.2 Å². The van der Waals surface area contributed by atoms with Crippen LogP contribution in [-0.2, 0) is 10.0 Å². The minimum absolute atomic E-state index is 0.0243. The van der Waals surface area contributed by atoms with Gasteiger partial charge in [-0.1, -0.05) is 13.8 Å².